The highest BCUT2D eigenvalue weighted by Crippen LogP contribution is 2.40. The Bertz CT molecular complexity index is 394. The molecular weight excluding hydrogens is 204 g/mol. The minimum Gasteiger partial charge on any atom is -0.497 e. The molecule has 1 aliphatic carbocycles. The molecule has 0 heterocycles. The molecule has 3 heteroatoms. The zero-order valence-corrected chi connectivity index (χ0v) is 9.18. The number of ether oxygens (including phenoxy) is 2. The molecule has 84 valence electrons. The number of carbonyl (C=O) groups is 1. The lowest BCUT2D eigenvalue weighted by atomic mass is 10.3. The van der Waals surface area contributed by atoms with Gasteiger partial charge in [0.2, 0.25) is 0 Å². The minimum absolute atomic E-state index is 0.000369. The first-order chi connectivity index (χ1) is 7.74. The molecule has 0 saturated heterocycles. The molecule has 0 N–H and O–H groups in total. The van der Waals surface area contributed by atoms with Gasteiger partial charge < -0.3 is 9.47 Å². The molecule has 1 fully saturated rings. The third kappa shape index (κ3) is 2.24. The second kappa shape index (κ2) is 4.39. The van der Waals surface area contributed by atoms with Gasteiger partial charge in [-0.3, -0.25) is 4.79 Å². The van der Waals surface area contributed by atoms with Crippen LogP contribution >= 0.6 is 0 Å². The fourth-order valence-electron chi connectivity index (χ4n) is 1.58. The number of hydrogen-bond donors (Lipinski definition) is 0. The lowest BCUT2D eigenvalue weighted by Crippen LogP contribution is -2.11. The number of hydrogen-bond acceptors (Lipinski definition) is 3. The van der Waals surface area contributed by atoms with E-state index >= 15 is 0 Å². The van der Waals surface area contributed by atoms with Crippen LogP contribution in [0.3, 0.4) is 0 Å². The van der Waals surface area contributed by atoms with Crippen molar-refractivity contribution in [2.75, 3.05) is 7.11 Å². The fraction of sp³-hybridized carbons (Fsp3) is 0.308. The van der Waals surface area contributed by atoms with Crippen molar-refractivity contribution in [3.63, 3.8) is 0 Å². The topological polar surface area (TPSA) is 35.5 Å². The molecule has 0 spiro atoms. The van der Waals surface area contributed by atoms with Crippen molar-refractivity contribution in [1.82, 2.24) is 0 Å². The van der Waals surface area contributed by atoms with Crippen LogP contribution in [0.25, 0.3) is 0 Å². The molecule has 2 atom stereocenters. The second-order valence-corrected chi connectivity index (χ2v) is 3.84. The van der Waals surface area contributed by atoms with E-state index in [-0.39, 0.29) is 11.9 Å². The van der Waals surface area contributed by atoms with Gasteiger partial charge >= 0.3 is 5.97 Å². The highest BCUT2D eigenvalue weighted by Gasteiger charge is 2.42. The van der Waals surface area contributed by atoms with E-state index in [4.69, 9.17) is 9.47 Å². The van der Waals surface area contributed by atoms with E-state index in [0.717, 1.165) is 12.2 Å². The first-order valence-electron chi connectivity index (χ1n) is 5.23. The summed E-state index contributed by atoms with van der Waals surface area (Å²) in [6, 6.07) is 6.98. The summed E-state index contributed by atoms with van der Waals surface area (Å²) in [5.74, 6) is 1.43. The van der Waals surface area contributed by atoms with Crippen LogP contribution in [0, 0.1) is 11.8 Å². The summed E-state index contributed by atoms with van der Waals surface area (Å²) >= 11 is 0. The predicted molar refractivity (Wildman–Crippen MR) is 60.4 cm³/mol. The molecule has 3 nitrogen and oxygen atoms in total. The van der Waals surface area contributed by atoms with Crippen molar-refractivity contribution in [3.05, 3.63) is 36.9 Å². The molecular formula is C13H14O3. The summed E-state index contributed by atoms with van der Waals surface area (Å²) in [6.07, 6.45) is 2.67. The fourth-order valence-corrected chi connectivity index (χ4v) is 1.58. The number of benzene rings is 1. The van der Waals surface area contributed by atoms with Gasteiger partial charge in [-0.15, -0.1) is 6.58 Å². The molecule has 0 aliphatic heterocycles. The van der Waals surface area contributed by atoms with Gasteiger partial charge in [-0.25, -0.2) is 0 Å². The summed E-state index contributed by atoms with van der Waals surface area (Å²) in [7, 11) is 1.60. The van der Waals surface area contributed by atoms with Gasteiger partial charge in [0, 0.05) is 0 Å². The Balaban J connectivity index is 1.93. The van der Waals surface area contributed by atoms with E-state index in [1.54, 1.807) is 37.5 Å². The van der Waals surface area contributed by atoms with Crippen LogP contribution in [-0.4, -0.2) is 13.1 Å². The minimum atomic E-state index is -0.171. The second-order valence-electron chi connectivity index (χ2n) is 3.84. The number of rotatable bonds is 4. The first-order valence-corrected chi connectivity index (χ1v) is 5.23. The van der Waals surface area contributed by atoms with E-state index in [0.29, 0.717) is 11.7 Å². The maximum Gasteiger partial charge on any atom is 0.314 e. The predicted octanol–water partition coefficient (Wildman–Crippen LogP) is 2.42. The maximum atomic E-state index is 11.6. The van der Waals surface area contributed by atoms with Crippen LogP contribution < -0.4 is 9.47 Å². The quantitative estimate of drug-likeness (QED) is 0.442. The Kier molecular flexibility index (Phi) is 2.95. The molecule has 16 heavy (non-hydrogen) atoms. The molecule has 1 aliphatic rings. The van der Waals surface area contributed by atoms with Crippen molar-refractivity contribution in [1.29, 1.82) is 0 Å². The van der Waals surface area contributed by atoms with Gasteiger partial charge in [0.05, 0.1) is 13.0 Å². The highest BCUT2D eigenvalue weighted by molar-refractivity contribution is 5.78. The smallest absolute Gasteiger partial charge is 0.314 e. The SMILES string of the molecule is C=CC1CC1C(=O)Oc1ccc(OC)cc1. The van der Waals surface area contributed by atoms with Gasteiger partial charge in [0.25, 0.3) is 0 Å². The maximum absolute atomic E-state index is 11.6. The molecule has 0 bridgehead atoms. The zero-order chi connectivity index (χ0) is 11.5. The normalized spacial score (nSPS) is 22.3. The Morgan fingerprint density at radius 1 is 1.38 bits per heavy atom. The average molecular weight is 218 g/mol. The number of methoxy groups -OCH3 is 1. The van der Waals surface area contributed by atoms with E-state index in [9.17, 15) is 4.79 Å². The van der Waals surface area contributed by atoms with Crippen LogP contribution in [0.2, 0.25) is 0 Å². The molecule has 0 aromatic heterocycles. The third-order valence-electron chi connectivity index (χ3n) is 2.72. The van der Waals surface area contributed by atoms with Crippen LogP contribution in [0.1, 0.15) is 6.42 Å². The van der Waals surface area contributed by atoms with Crippen molar-refractivity contribution in [2.24, 2.45) is 11.8 Å². The zero-order valence-electron chi connectivity index (χ0n) is 9.18. The Morgan fingerprint density at radius 3 is 2.50 bits per heavy atom. The monoisotopic (exact) mass is 218 g/mol. The van der Waals surface area contributed by atoms with Gasteiger partial charge in [-0.2, -0.15) is 0 Å². The first kappa shape index (κ1) is 10.7. The summed E-state index contributed by atoms with van der Waals surface area (Å²) < 4.78 is 10.2. The lowest BCUT2D eigenvalue weighted by molar-refractivity contribution is -0.136. The van der Waals surface area contributed by atoms with Gasteiger partial charge in [0.1, 0.15) is 11.5 Å². The van der Waals surface area contributed by atoms with E-state index < -0.39 is 0 Å². The lowest BCUT2D eigenvalue weighted by Gasteiger charge is -2.04. The standard InChI is InChI=1S/C13H14O3/c1-3-9-8-12(9)13(14)16-11-6-4-10(15-2)5-7-11/h3-7,9,12H,1,8H2,2H3. The number of allylic oxidation sites excluding steroid dienone is 1. The van der Waals surface area contributed by atoms with Gasteiger partial charge in [0.15, 0.2) is 0 Å². The molecule has 1 aromatic carbocycles. The third-order valence-corrected chi connectivity index (χ3v) is 2.72. The molecule has 1 aromatic rings. The number of carbonyl (C=O) groups excluding carboxylic acids is 1. The largest absolute Gasteiger partial charge is 0.497 e. The van der Waals surface area contributed by atoms with Crippen molar-refractivity contribution >= 4 is 5.97 Å². The van der Waals surface area contributed by atoms with Crippen LogP contribution in [0.5, 0.6) is 11.5 Å². The number of esters is 1. The molecule has 2 unspecified atom stereocenters. The summed E-state index contributed by atoms with van der Waals surface area (Å²) in [5.41, 5.74) is 0. The van der Waals surface area contributed by atoms with Gasteiger partial charge in [-0.05, 0) is 36.6 Å². The van der Waals surface area contributed by atoms with Gasteiger partial charge in [-0.1, -0.05) is 6.08 Å². The van der Waals surface area contributed by atoms with Crippen LogP contribution in [-0.2, 0) is 4.79 Å². The molecule has 0 radical (unpaired) electrons. The van der Waals surface area contributed by atoms with Crippen LogP contribution in [0.15, 0.2) is 36.9 Å². The molecule has 2 rings (SSSR count). The highest BCUT2D eigenvalue weighted by atomic mass is 16.5. The van der Waals surface area contributed by atoms with E-state index in [1.165, 1.54) is 0 Å². The van der Waals surface area contributed by atoms with Crippen LogP contribution in [0.4, 0.5) is 0 Å². The Hall–Kier alpha value is -1.77. The Morgan fingerprint density at radius 2 is 2.00 bits per heavy atom. The summed E-state index contributed by atoms with van der Waals surface area (Å²) in [6.45, 7) is 3.66. The van der Waals surface area contributed by atoms with Crippen molar-refractivity contribution in [2.45, 2.75) is 6.42 Å². The van der Waals surface area contributed by atoms with Crippen molar-refractivity contribution < 1.29 is 14.3 Å². The summed E-state index contributed by atoms with van der Waals surface area (Å²) in [4.78, 5) is 11.6. The van der Waals surface area contributed by atoms with E-state index in [2.05, 4.69) is 6.58 Å². The van der Waals surface area contributed by atoms with E-state index in [1.807, 2.05) is 0 Å². The summed E-state index contributed by atoms with van der Waals surface area (Å²) in [5, 5.41) is 0. The molecule has 0 amide bonds. The Labute approximate surface area is 94.7 Å². The molecule has 1 saturated carbocycles. The average Bonchev–Trinajstić information content (AvgIpc) is 3.09. The van der Waals surface area contributed by atoms with Crippen molar-refractivity contribution in [3.8, 4) is 11.5 Å².